The number of rotatable bonds is 10. The van der Waals surface area contributed by atoms with E-state index in [1.165, 1.54) is 24.3 Å². The van der Waals surface area contributed by atoms with Gasteiger partial charge in [-0.2, -0.15) is 27.2 Å². The van der Waals surface area contributed by atoms with Gasteiger partial charge in [-0.1, -0.05) is 12.1 Å². The van der Waals surface area contributed by atoms with E-state index < -0.39 is 70.4 Å². The van der Waals surface area contributed by atoms with Crippen LogP contribution in [-0.4, -0.2) is 57.2 Å². The van der Waals surface area contributed by atoms with Crippen LogP contribution in [0.15, 0.2) is 42.5 Å². The van der Waals surface area contributed by atoms with Crippen LogP contribution in [0.4, 0.5) is 27.6 Å². The van der Waals surface area contributed by atoms with Crippen LogP contribution in [0, 0.1) is 21.4 Å². The molecule has 11 nitrogen and oxygen atoms in total. The first-order valence-electron chi connectivity index (χ1n) is 9.68. The van der Waals surface area contributed by atoms with Crippen molar-refractivity contribution in [2.75, 3.05) is 6.61 Å². The summed E-state index contributed by atoms with van der Waals surface area (Å²) in [7, 11) is 0. The molecule has 0 aromatic heterocycles. The molecule has 3 N–H and O–H groups in total. The first kappa shape index (κ1) is 28.4. The molecule has 0 unspecified atom stereocenters. The van der Waals surface area contributed by atoms with E-state index in [4.69, 9.17) is 5.26 Å². The van der Waals surface area contributed by atoms with Crippen LogP contribution in [0.5, 0.6) is 5.75 Å². The molecular weight excluding hydrogens is 517 g/mol. The number of ether oxygens (including phenoxy) is 1. The molecular formula is C21H14F5N3O8. The number of hydrogen-bond donors (Lipinski definition) is 3. The second-order valence-corrected chi connectivity index (χ2v) is 7.39. The van der Waals surface area contributed by atoms with E-state index in [1.807, 2.05) is 0 Å². The highest BCUT2D eigenvalue weighted by atomic mass is 19.4. The number of carbonyl (C=O) groups is 3. The van der Waals surface area contributed by atoms with Gasteiger partial charge < -0.3 is 20.3 Å². The lowest BCUT2D eigenvalue weighted by Crippen LogP contribution is -2.61. The lowest BCUT2D eigenvalue weighted by atomic mass is 9.90. The predicted octanol–water partition coefficient (Wildman–Crippen LogP) is 2.92. The fourth-order valence-corrected chi connectivity index (χ4v) is 2.84. The molecule has 0 fully saturated rings. The molecule has 16 heteroatoms. The maximum Gasteiger partial charge on any atom is 0.456 e. The van der Waals surface area contributed by atoms with Gasteiger partial charge in [0.25, 0.3) is 5.91 Å². The van der Waals surface area contributed by atoms with Crippen molar-refractivity contribution >= 4 is 23.5 Å². The van der Waals surface area contributed by atoms with E-state index >= 15 is 0 Å². The zero-order chi connectivity index (χ0) is 28.2. The number of carbonyl (C=O) groups excluding carboxylic acids is 1. The molecule has 2 aromatic carbocycles. The zero-order valence-electron chi connectivity index (χ0n) is 18.1. The average Bonchev–Trinajstić information content (AvgIpc) is 2.81. The Morgan fingerprint density at radius 1 is 1.03 bits per heavy atom. The van der Waals surface area contributed by atoms with Crippen molar-refractivity contribution in [3.63, 3.8) is 0 Å². The van der Waals surface area contributed by atoms with Crippen molar-refractivity contribution in [3.8, 4) is 11.8 Å². The van der Waals surface area contributed by atoms with Crippen LogP contribution in [-0.2, 0) is 16.0 Å². The van der Waals surface area contributed by atoms with E-state index in [0.29, 0.717) is 18.2 Å². The number of benzene rings is 2. The number of carboxylic acid groups (broad SMARTS) is 2. The number of hydrogen-bond acceptors (Lipinski definition) is 7. The first-order chi connectivity index (χ1) is 17.0. The Balaban J connectivity index is 2.43. The minimum absolute atomic E-state index is 0.0613. The molecule has 0 spiro atoms. The van der Waals surface area contributed by atoms with E-state index in [9.17, 15) is 56.7 Å². The molecule has 0 bridgehead atoms. The molecule has 37 heavy (non-hydrogen) atoms. The molecule has 0 heterocycles. The van der Waals surface area contributed by atoms with E-state index in [1.54, 1.807) is 11.4 Å². The Labute approximate surface area is 202 Å². The van der Waals surface area contributed by atoms with Gasteiger partial charge in [0.05, 0.1) is 16.6 Å². The van der Waals surface area contributed by atoms with Gasteiger partial charge in [-0.05, 0) is 23.8 Å². The summed E-state index contributed by atoms with van der Waals surface area (Å²) in [6.07, 6.45) is -6.89. The van der Waals surface area contributed by atoms with Crippen LogP contribution in [0.2, 0.25) is 0 Å². The highest BCUT2D eigenvalue weighted by Crippen LogP contribution is 2.37. The van der Waals surface area contributed by atoms with Crippen LogP contribution >= 0.6 is 0 Å². The van der Waals surface area contributed by atoms with Gasteiger partial charge in [0.1, 0.15) is 0 Å². The number of carboxylic acids is 2. The van der Waals surface area contributed by atoms with Gasteiger partial charge in [0.2, 0.25) is 5.54 Å². The van der Waals surface area contributed by atoms with Crippen molar-refractivity contribution in [1.29, 1.82) is 5.26 Å². The molecule has 2 rings (SSSR count). The second kappa shape index (κ2) is 10.4. The Morgan fingerprint density at radius 2 is 1.59 bits per heavy atom. The lowest BCUT2D eigenvalue weighted by molar-refractivity contribution is -0.386. The van der Waals surface area contributed by atoms with E-state index in [2.05, 4.69) is 4.74 Å². The standard InChI is InChI=1S/C21H14F5N3O8/c22-20(23,21(24,25)26)10-37-15-7-13(5-6-14(15)29(35)36)16(30)28-19(17(31)32,18(33)34)8-11-1-3-12(9-27)4-2-11/h1-7H,8,10H2,(H,28,30)(H,31,32)(H,33,34). The fourth-order valence-electron chi connectivity index (χ4n) is 2.84. The normalized spacial score (nSPS) is 11.8. The van der Waals surface area contributed by atoms with Crippen LogP contribution < -0.4 is 10.1 Å². The highest BCUT2D eigenvalue weighted by molar-refractivity contribution is 6.09. The number of alkyl halides is 5. The molecule has 0 radical (unpaired) electrons. The highest BCUT2D eigenvalue weighted by Gasteiger charge is 2.58. The second-order valence-electron chi connectivity index (χ2n) is 7.39. The molecule has 0 aliphatic rings. The number of amides is 1. The molecule has 0 saturated heterocycles. The monoisotopic (exact) mass is 531 g/mol. The summed E-state index contributed by atoms with van der Waals surface area (Å²) in [4.78, 5) is 46.5. The van der Waals surface area contributed by atoms with Gasteiger partial charge in [-0.3, -0.25) is 14.9 Å². The summed E-state index contributed by atoms with van der Waals surface area (Å²) in [6, 6.07) is 8.32. The molecule has 1 amide bonds. The van der Waals surface area contributed by atoms with Crippen molar-refractivity contribution in [3.05, 3.63) is 69.3 Å². The van der Waals surface area contributed by atoms with Crippen molar-refractivity contribution in [1.82, 2.24) is 5.32 Å². The summed E-state index contributed by atoms with van der Waals surface area (Å²) in [6.45, 7) is -2.38. The summed E-state index contributed by atoms with van der Waals surface area (Å²) in [5.74, 6) is -12.2. The molecule has 2 aromatic rings. The number of nitrogens with one attached hydrogen (secondary N) is 1. The molecule has 196 valence electrons. The molecule has 0 saturated carbocycles. The fraction of sp³-hybridized carbons (Fsp3) is 0.238. The largest absolute Gasteiger partial charge is 0.480 e. The van der Waals surface area contributed by atoms with Crippen molar-refractivity contribution in [2.24, 2.45) is 0 Å². The number of nitrogens with zero attached hydrogens (tertiary/aromatic N) is 2. The van der Waals surface area contributed by atoms with Crippen LogP contribution in [0.1, 0.15) is 21.5 Å². The lowest BCUT2D eigenvalue weighted by Gasteiger charge is -2.26. The molecule has 0 atom stereocenters. The number of aliphatic carboxylic acids is 2. The van der Waals surface area contributed by atoms with Crippen molar-refractivity contribution < 1.29 is 56.2 Å². The quantitative estimate of drug-likeness (QED) is 0.180. The minimum Gasteiger partial charge on any atom is -0.480 e. The summed E-state index contributed by atoms with van der Waals surface area (Å²) < 4.78 is 67.9. The summed E-state index contributed by atoms with van der Waals surface area (Å²) in [5, 5.41) is 40.9. The Kier molecular flexibility index (Phi) is 8.02. The van der Waals surface area contributed by atoms with Gasteiger partial charge in [-0.15, -0.1) is 0 Å². The third-order valence-electron chi connectivity index (χ3n) is 4.85. The van der Waals surface area contributed by atoms with Gasteiger partial charge >= 0.3 is 29.7 Å². The number of nitro benzene ring substituents is 1. The third kappa shape index (κ3) is 6.25. The topological polar surface area (TPSA) is 180 Å². The van der Waals surface area contributed by atoms with Gasteiger partial charge in [0.15, 0.2) is 12.4 Å². The molecule has 0 aliphatic heterocycles. The maximum absolute atomic E-state index is 13.2. The van der Waals surface area contributed by atoms with Crippen LogP contribution in [0.25, 0.3) is 0 Å². The van der Waals surface area contributed by atoms with Crippen LogP contribution in [0.3, 0.4) is 0 Å². The Bertz CT molecular complexity index is 1260. The summed E-state index contributed by atoms with van der Waals surface area (Å²) in [5.41, 5.74) is -4.64. The first-order valence-corrected chi connectivity index (χ1v) is 9.68. The summed E-state index contributed by atoms with van der Waals surface area (Å²) >= 11 is 0. The SMILES string of the molecule is N#Cc1ccc(CC(NC(=O)c2ccc([N+](=O)[O-])c(OCC(F)(F)C(F)(F)F)c2)(C(=O)O)C(=O)O)cc1. The van der Waals surface area contributed by atoms with Gasteiger partial charge in [0, 0.05) is 24.1 Å². The zero-order valence-corrected chi connectivity index (χ0v) is 18.1. The van der Waals surface area contributed by atoms with E-state index in [-0.39, 0.29) is 11.1 Å². The number of nitro groups is 1. The third-order valence-corrected chi connectivity index (χ3v) is 4.85. The number of halogens is 5. The molecule has 0 aliphatic carbocycles. The predicted molar refractivity (Wildman–Crippen MR) is 110 cm³/mol. The maximum atomic E-state index is 13.2. The average molecular weight is 531 g/mol. The minimum atomic E-state index is -6.05. The number of nitriles is 1. The van der Waals surface area contributed by atoms with Crippen molar-refractivity contribution in [2.45, 2.75) is 24.1 Å². The Morgan fingerprint density at radius 3 is 2.05 bits per heavy atom. The van der Waals surface area contributed by atoms with E-state index in [0.717, 1.165) is 0 Å². The smallest absolute Gasteiger partial charge is 0.456 e. The van der Waals surface area contributed by atoms with Gasteiger partial charge in [-0.25, -0.2) is 9.59 Å². The Hall–Kier alpha value is -4.81.